The quantitative estimate of drug-likeness (QED) is 0.269. The molecule has 5 rings (SSSR count). The van der Waals surface area contributed by atoms with Crippen molar-refractivity contribution in [3.63, 3.8) is 0 Å². The maximum atomic E-state index is 12.6. The van der Waals surface area contributed by atoms with Crippen LogP contribution in [0, 0.1) is 6.92 Å². The van der Waals surface area contributed by atoms with Crippen molar-refractivity contribution in [2.45, 2.75) is 25.5 Å². The lowest BCUT2D eigenvalue weighted by Crippen LogP contribution is -2.14. The van der Waals surface area contributed by atoms with E-state index in [1.165, 1.54) is 38.7 Å². The average Bonchev–Trinajstić information content (AvgIpc) is 3.56. The van der Waals surface area contributed by atoms with Crippen molar-refractivity contribution in [2.75, 3.05) is 11.1 Å². The molecule has 0 aliphatic carbocycles. The molecule has 1 amide bonds. The van der Waals surface area contributed by atoms with E-state index in [1.807, 2.05) is 29.6 Å². The second kappa shape index (κ2) is 9.46. The van der Waals surface area contributed by atoms with Crippen LogP contribution in [0.2, 0.25) is 0 Å². The van der Waals surface area contributed by atoms with E-state index in [0.717, 1.165) is 34.3 Å². The summed E-state index contributed by atoms with van der Waals surface area (Å²) in [6.07, 6.45) is 0. The summed E-state index contributed by atoms with van der Waals surface area (Å²) in [6, 6.07) is 16.5. The van der Waals surface area contributed by atoms with Crippen molar-refractivity contribution in [1.29, 1.82) is 0 Å². The Bertz CT molecular complexity index is 1420. The number of aryl methyl sites for hydroxylation is 1. The number of carbonyl (C=O) groups excluding carboxylic acids is 1. The molecular weight excluding hydrogens is 470 g/mol. The maximum absolute atomic E-state index is 12.6. The minimum atomic E-state index is -0.113. The SMILES string of the molecule is CCn1c(SCC(=O)Nc2nc(-c3ccc(C)cc3)cs2)nnc1-c1csc2ccccc12. The third kappa shape index (κ3) is 4.57. The van der Waals surface area contributed by atoms with Crippen LogP contribution >= 0.6 is 34.4 Å². The highest BCUT2D eigenvalue weighted by Crippen LogP contribution is 2.34. The van der Waals surface area contributed by atoms with Crippen LogP contribution < -0.4 is 5.32 Å². The van der Waals surface area contributed by atoms with E-state index in [-0.39, 0.29) is 11.7 Å². The van der Waals surface area contributed by atoms with Crippen molar-refractivity contribution in [2.24, 2.45) is 0 Å². The number of aromatic nitrogens is 4. The van der Waals surface area contributed by atoms with E-state index in [4.69, 9.17) is 0 Å². The average molecular weight is 492 g/mol. The standard InChI is InChI=1S/C24H21N5OS3/c1-3-29-22(18-12-31-20-7-5-4-6-17(18)20)27-28-24(29)33-14-21(30)26-23-25-19(13-32-23)16-10-8-15(2)9-11-16/h4-13H,3,14H2,1-2H3,(H,25,26,30). The number of rotatable bonds is 7. The highest BCUT2D eigenvalue weighted by molar-refractivity contribution is 7.99. The van der Waals surface area contributed by atoms with Gasteiger partial charge in [-0.2, -0.15) is 0 Å². The minimum absolute atomic E-state index is 0.113. The molecule has 0 fully saturated rings. The minimum Gasteiger partial charge on any atom is -0.302 e. The Balaban J connectivity index is 1.26. The van der Waals surface area contributed by atoms with E-state index in [0.29, 0.717) is 5.13 Å². The maximum Gasteiger partial charge on any atom is 0.236 e. The molecule has 6 nitrogen and oxygen atoms in total. The number of thiophene rings is 1. The molecule has 0 atom stereocenters. The number of carbonyl (C=O) groups is 1. The van der Waals surface area contributed by atoms with Crippen molar-refractivity contribution in [3.8, 4) is 22.6 Å². The Morgan fingerprint density at radius 2 is 1.88 bits per heavy atom. The molecule has 33 heavy (non-hydrogen) atoms. The largest absolute Gasteiger partial charge is 0.302 e. The lowest BCUT2D eigenvalue weighted by molar-refractivity contribution is -0.113. The number of hydrogen-bond acceptors (Lipinski definition) is 7. The fraction of sp³-hybridized carbons (Fsp3) is 0.167. The van der Waals surface area contributed by atoms with Crippen molar-refractivity contribution >= 4 is 55.6 Å². The van der Waals surface area contributed by atoms with Gasteiger partial charge < -0.3 is 9.88 Å². The molecule has 3 heterocycles. The van der Waals surface area contributed by atoms with Crippen molar-refractivity contribution < 1.29 is 4.79 Å². The van der Waals surface area contributed by atoms with Crippen LogP contribution in [-0.4, -0.2) is 31.4 Å². The number of anilines is 1. The Kier molecular flexibility index (Phi) is 6.26. The van der Waals surface area contributed by atoms with Crippen LogP contribution in [0.25, 0.3) is 32.7 Å². The van der Waals surface area contributed by atoms with Gasteiger partial charge in [-0.1, -0.05) is 59.8 Å². The summed E-state index contributed by atoms with van der Waals surface area (Å²) in [7, 11) is 0. The van der Waals surface area contributed by atoms with Gasteiger partial charge in [-0.25, -0.2) is 4.98 Å². The number of benzene rings is 2. The molecule has 5 aromatic rings. The third-order valence-electron chi connectivity index (χ3n) is 5.19. The van der Waals surface area contributed by atoms with Gasteiger partial charge in [-0.3, -0.25) is 4.79 Å². The van der Waals surface area contributed by atoms with Crippen molar-refractivity contribution in [1.82, 2.24) is 19.7 Å². The highest BCUT2D eigenvalue weighted by Gasteiger charge is 2.18. The first-order valence-electron chi connectivity index (χ1n) is 10.5. The van der Waals surface area contributed by atoms with Gasteiger partial charge in [-0.05, 0) is 19.9 Å². The lowest BCUT2D eigenvalue weighted by Gasteiger charge is -2.07. The summed E-state index contributed by atoms with van der Waals surface area (Å²) in [5.41, 5.74) is 4.18. The number of fused-ring (bicyclic) bond motifs is 1. The number of nitrogens with zero attached hydrogens (tertiary/aromatic N) is 4. The molecule has 0 saturated carbocycles. The normalized spacial score (nSPS) is 11.2. The first kappa shape index (κ1) is 21.8. The van der Waals surface area contributed by atoms with Crippen LogP contribution in [-0.2, 0) is 11.3 Å². The first-order chi connectivity index (χ1) is 16.1. The molecule has 0 saturated heterocycles. The summed E-state index contributed by atoms with van der Waals surface area (Å²) in [5, 5.41) is 18.3. The topological polar surface area (TPSA) is 72.7 Å². The number of amides is 1. The summed E-state index contributed by atoms with van der Waals surface area (Å²) in [6.45, 7) is 4.84. The zero-order chi connectivity index (χ0) is 22.8. The number of thioether (sulfide) groups is 1. The first-order valence-corrected chi connectivity index (χ1v) is 13.2. The summed E-state index contributed by atoms with van der Waals surface area (Å²) in [5.74, 6) is 0.959. The van der Waals surface area contributed by atoms with E-state index < -0.39 is 0 Å². The highest BCUT2D eigenvalue weighted by atomic mass is 32.2. The van der Waals surface area contributed by atoms with Gasteiger partial charge in [0, 0.05) is 38.5 Å². The summed E-state index contributed by atoms with van der Waals surface area (Å²) >= 11 is 4.51. The van der Waals surface area contributed by atoms with E-state index in [2.05, 4.69) is 68.6 Å². The van der Waals surface area contributed by atoms with Gasteiger partial charge in [0.2, 0.25) is 5.91 Å². The zero-order valence-corrected chi connectivity index (χ0v) is 20.6. The predicted octanol–water partition coefficient (Wildman–Crippen LogP) is 6.34. The molecule has 9 heteroatoms. The predicted molar refractivity (Wildman–Crippen MR) is 138 cm³/mol. The fourth-order valence-corrected chi connectivity index (χ4v) is 5.98. The third-order valence-corrected chi connectivity index (χ3v) is 7.87. The van der Waals surface area contributed by atoms with Gasteiger partial charge in [0.25, 0.3) is 0 Å². The zero-order valence-electron chi connectivity index (χ0n) is 18.1. The molecule has 166 valence electrons. The van der Waals surface area contributed by atoms with Crippen LogP contribution in [0.3, 0.4) is 0 Å². The van der Waals surface area contributed by atoms with Crippen molar-refractivity contribution in [3.05, 3.63) is 64.9 Å². The van der Waals surface area contributed by atoms with E-state index in [1.54, 1.807) is 11.3 Å². The second-order valence-electron chi connectivity index (χ2n) is 7.44. The number of nitrogens with one attached hydrogen (secondary N) is 1. The van der Waals surface area contributed by atoms with Crippen LogP contribution in [0.15, 0.2) is 64.4 Å². The summed E-state index contributed by atoms with van der Waals surface area (Å²) < 4.78 is 3.28. The molecule has 0 unspecified atom stereocenters. The molecule has 1 N–H and O–H groups in total. The Morgan fingerprint density at radius 1 is 1.06 bits per heavy atom. The van der Waals surface area contributed by atoms with Crippen LogP contribution in [0.1, 0.15) is 12.5 Å². The molecule has 0 radical (unpaired) electrons. The smallest absolute Gasteiger partial charge is 0.236 e. The fourth-order valence-electron chi connectivity index (χ4n) is 3.50. The van der Waals surface area contributed by atoms with Gasteiger partial charge in [-0.15, -0.1) is 32.9 Å². The molecule has 0 spiro atoms. The second-order valence-corrected chi connectivity index (χ2v) is 10.1. The van der Waals surface area contributed by atoms with Gasteiger partial charge in [0.1, 0.15) is 0 Å². The number of hydrogen-bond donors (Lipinski definition) is 1. The van der Waals surface area contributed by atoms with Crippen LogP contribution in [0.5, 0.6) is 0 Å². The van der Waals surface area contributed by atoms with E-state index in [9.17, 15) is 4.79 Å². The van der Waals surface area contributed by atoms with Gasteiger partial charge in [0.05, 0.1) is 11.4 Å². The molecule has 0 bridgehead atoms. The number of thiazole rings is 1. The Hall–Kier alpha value is -3.01. The molecular formula is C24H21N5OS3. The van der Waals surface area contributed by atoms with Crippen LogP contribution in [0.4, 0.5) is 5.13 Å². The lowest BCUT2D eigenvalue weighted by atomic mass is 10.1. The molecule has 3 aromatic heterocycles. The summed E-state index contributed by atoms with van der Waals surface area (Å²) in [4.78, 5) is 17.1. The monoisotopic (exact) mass is 491 g/mol. The van der Waals surface area contributed by atoms with E-state index >= 15 is 0 Å². The van der Waals surface area contributed by atoms with Gasteiger partial charge in [0.15, 0.2) is 16.1 Å². The molecule has 0 aliphatic heterocycles. The van der Waals surface area contributed by atoms with Gasteiger partial charge >= 0.3 is 0 Å². The Labute approximate surface area is 203 Å². The molecule has 2 aromatic carbocycles. The Morgan fingerprint density at radius 3 is 2.70 bits per heavy atom. The molecule has 0 aliphatic rings.